The molecule has 0 aromatic carbocycles. The summed E-state index contributed by atoms with van der Waals surface area (Å²) in [4.78, 5) is 17.4. The average molecular weight is 293 g/mol. The van der Waals surface area contributed by atoms with Crippen LogP contribution in [0.25, 0.3) is 0 Å². The lowest BCUT2D eigenvalue weighted by molar-refractivity contribution is -0.137. The van der Waals surface area contributed by atoms with Crippen molar-refractivity contribution < 1.29 is 4.79 Å². The standard InChI is InChI=1S/C17H31N3O/c1-3-12(2)16(18)17(21)19-10-8-15-13(11-19)5-4-9-20(15)14-6-7-14/h12-16H,3-11,18H2,1-2H3/t12-,13+,15-,16-/m0/s1. The zero-order valence-electron chi connectivity index (χ0n) is 13.6. The molecule has 2 heterocycles. The Morgan fingerprint density at radius 3 is 2.67 bits per heavy atom. The topological polar surface area (TPSA) is 49.6 Å². The largest absolute Gasteiger partial charge is 0.341 e. The average Bonchev–Trinajstić information content (AvgIpc) is 3.36. The van der Waals surface area contributed by atoms with E-state index in [0.717, 1.165) is 38.0 Å². The Morgan fingerprint density at radius 1 is 1.24 bits per heavy atom. The van der Waals surface area contributed by atoms with Crippen molar-refractivity contribution in [3.05, 3.63) is 0 Å². The first-order valence-electron chi connectivity index (χ1n) is 8.92. The minimum absolute atomic E-state index is 0.186. The molecule has 0 bridgehead atoms. The first-order valence-corrected chi connectivity index (χ1v) is 8.92. The SMILES string of the molecule is CC[C@H](C)[C@H](N)C(=O)N1CC[C@H]2[C@H](CCCN2C2CC2)C1. The normalized spacial score (nSPS) is 33.4. The highest BCUT2D eigenvalue weighted by molar-refractivity contribution is 5.82. The van der Waals surface area contributed by atoms with Gasteiger partial charge in [0.15, 0.2) is 0 Å². The van der Waals surface area contributed by atoms with Gasteiger partial charge in [0.1, 0.15) is 0 Å². The maximum atomic E-state index is 12.6. The molecule has 2 saturated heterocycles. The number of rotatable bonds is 4. The molecule has 120 valence electrons. The fraction of sp³-hybridized carbons (Fsp3) is 0.941. The van der Waals surface area contributed by atoms with Crippen molar-refractivity contribution in [1.82, 2.24) is 9.80 Å². The van der Waals surface area contributed by atoms with Crippen molar-refractivity contribution in [1.29, 1.82) is 0 Å². The van der Waals surface area contributed by atoms with Gasteiger partial charge in [-0.05, 0) is 50.5 Å². The molecule has 0 unspecified atom stereocenters. The van der Waals surface area contributed by atoms with E-state index in [0.29, 0.717) is 5.92 Å². The number of piperidine rings is 2. The van der Waals surface area contributed by atoms with Crippen LogP contribution in [0.2, 0.25) is 0 Å². The molecule has 2 N–H and O–H groups in total. The Hall–Kier alpha value is -0.610. The van der Waals surface area contributed by atoms with Gasteiger partial charge in [0, 0.05) is 25.2 Å². The molecule has 4 nitrogen and oxygen atoms in total. The lowest BCUT2D eigenvalue weighted by Gasteiger charge is -2.48. The van der Waals surface area contributed by atoms with Crippen molar-refractivity contribution >= 4 is 5.91 Å². The van der Waals surface area contributed by atoms with E-state index in [2.05, 4.69) is 23.6 Å². The third-order valence-corrected chi connectivity index (χ3v) is 5.98. The number of carbonyl (C=O) groups is 1. The Bertz CT molecular complexity index is 382. The van der Waals surface area contributed by atoms with Crippen molar-refractivity contribution in [3.63, 3.8) is 0 Å². The number of nitrogens with two attached hydrogens (primary N) is 1. The van der Waals surface area contributed by atoms with Gasteiger partial charge >= 0.3 is 0 Å². The first kappa shape index (κ1) is 15.3. The van der Waals surface area contributed by atoms with E-state index in [1.54, 1.807) is 0 Å². The van der Waals surface area contributed by atoms with Gasteiger partial charge in [0.25, 0.3) is 0 Å². The minimum Gasteiger partial charge on any atom is -0.341 e. The van der Waals surface area contributed by atoms with Crippen LogP contribution in [0.3, 0.4) is 0 Å². The van der Waals surface area contributed by atoms with Gasteiger partial charge in [-0.1, -0.05) is 20.3 Å². The van der Waals surface area contributed by atoms with Gasteiger partial charge in [-0.2, -0.15) is 0 Å². The maximum Gasteiger partial charge on any atom is 0.239 e. The maximum absolute atomic E-state index is 12.6. The Labute approximate surface area is 129 Å². The zero-order chi connectivity index (χ0) is 15.0. The number of likely N-dealkylation sites (tertiary alicyclic amines) is 2. The molecule has 3 rings (SSSR count). The molecule has 4 atom stereocenters. The number of nitrogens with zero attached hydrogens (tertiary/aromatic N) is 2. The van der Waals surface area contributed by atoms with Crippen LogP contribution >= 0.6 is 0 Å². The van der Waals surface area contributed by atoms with E-state index in [9.17, 15) is 4.79 Å². The van der Waals surface area contributed by atoms with E-state index in [1.807, 2.05) is 0 Å². The number of fused-ring (bicyclic) bond motifs is 1. The number of hydrogen-bond donors (Lipinski definition) is 1. The number of hydrogen-bond acceptors (Lipinski definition) is 3. The molecule has 3 aliphatic rings. The number of carbonyl (C=O) groups excluding carboxylic acids is 1. The quantitative estimate of drug-likeness (QED) is 0.860. The molecule has 2 aliphatic heterocycles. The second kappa shape index (κ2) is 6.25. The van der Waals surface area contributed by atoms with Crippen LogP contribution in [0.1, 0.15) is 52.4 Å². The highest BCUT2D eigenvalue weighted by Gasteiger charge is 2.43. The fourth-order valence-electron chi connectivity index (χ4n) is 4.21. The summed E-state index contributed by atoms with van der Waals surface area (Å²) in [6.07, 6.45) is 7.51. The molecule has 3 fully saturated rings. The van der Waals surface area contributed by atoms with Crippen LogP contribution in [-0.2, 0) is 4.79 Å². The Morgan fingerprint density at radius 2 is 2.00 bits per heavy atom. The van der Waals surface area contributed by atoms with Gasteiger partial charge in [0.05, 0.1) is 6.04 Å². The van der Waals surface area contributed by atoms with Gasteiger partial charge in [-0.15, -0.1) is 0 Å². The summed E-state index contributed by atoms with van der Waals surface area (Å²) in [6.45, 7) is 7.33. The summed E-state index contributed by atoms with van der Waals surface area (Å²) in [7, 11) is 0. The zero-order valence-corrected chi connectivity index (χ0v) is 13.6. The molecule has 0 aromatic heterocycles. The van der Waals surface area contributed by atoms with Gasteiger partial charge < -0.3 is 10.6 Å². The van der Waals surface area contributed by atoms with Crippen molar-refractivity contribution in [2.45, 2.75) is 70.5 Å². The molecule has 0 radical (unpaired) electrons. The van der Waals surface area contributed by atoms with E-state index in [4.69, 9.17) is 5.73 Å². The molecule has 0 aromatic rings. The summed E-state index contributed by atoms with van der Waals surface area (Å²) in [6, 6.07) is 1.28. The lowest BCUT2D eigenvalue weighted by atomic mass is 9.83. The minimum atomic E-state index is -0.310. The van der Waals surface area contributed by atoms with Crippen LogP contribution in [0, 0.1) is 11.8 Å². The summed E-state index contributed by atoms with van der Waals surface area (Å²) in [5.41, 5.74) is 6.15. The van der Waals surface area contributed by atoms with Crippen LogP contribution in [-0.4, -0.2) is 53.5 Å². The summed E-state index contributed by atoms with van der Waals surface area (Å²) < 4.78 is 0. The summed E-state index contributed by atoms with van der Waals surface area (Å²) >= 11 is 0. The Balaban J connectivity index is 1.60. The molecular weight excluding hydrogens is 262 g/mol. The van der Waals surface area contributed by atoms with Crippen molar-refractivity contribution in [3.8, 4) is 0 Å². The van der Waals surface area contributed by atoms with Crippen LogP contribution in [0.4, 0.5) is 0 Å². The predicted molar refractivity (Wildman–Crippen MR) is 84.9 cm³/mol. The smallest absolute Gasteiger partial charge is 0.239 e. The van der Waals surface area contributed by atoms with Crippen LogP contribution in [0.15, 0.2) is 0 Å². The predicted octanol–water partition coefficient (Wildman–Crippen LogP) is 1.84. The van der Waals surface area contributed by atoms with Gasteiger partial charge in [0.2, 0.25) is 5.91 Å². The van der Waals surface area contributed by atoms with Crippen molar-refractivity contribution in [2.24, 2.45) is 17.6 Å². The molecule has 21 heavy (non-hydrogen) atoms. The van der Waals surface area contributed by atoms with E-state index >= 15 is 0 Å². The molecular formula is C17H31N3O. The van der Waals surface area contributed by atoms with Crippen molar-refractivity contribution in [2.75, 3.05) is 19.6 Å². The molecule has 0 spiro atoms. The monoisotopic (exact) mass is 293 g/mol. The molecule has 1 aliphatic carbocycles. The van der Waals surface area contributed by atoms with Gasteiger partial charge in [-0.3, -0.25) is 9.69 Å². The third kappa shape index (κ3) is 3.11. The Kier molecular flexibility index (Phi) is 4.55. The second-order valence-electron chi connectivity index (χ2n) is 7.42. The second-order valence-corrected chi connectivity index (χ2v) is 7.42. The van der Waals surface area contributed by atoms with Gasteiger partial charge in [-0.25, -0.2) is 0 Å². The number of amides is 1. The summed E-state index contributed by atoms with van der Waals surface area (Å²) in [5, 5.41) is 0. The third-order valence-electron chi connectivity index (χ3n) is 5.98. The molecule has 1 saturated carbocycles. The summed E-state index contributed by atoms with van der Waals surface area (Å²) in [5.74, 6) is 1.15. The fourth-order valence-corrected chi connectivity index (χ4v) is 4.21. The lowest BCUT2D eigenvalue weighted by Crippen LogP contribution is -2.58. The molecule has 1 amide bonds. The van der Waals surface area contributed by atoms with E-state index in [-0.39, 0.29) is 17.9 Å². The highest BCUT2D eigenvalue weighted by Crippen LogP contribution is 2.38. The highest BCUT2D eigenvalue weighted by atomic mass is 16.2. The van der Waals surface area contributed by atoms with E-state index < -0.39 is 0 Å². The van der Waals surface area contributed by atoms with Crippen LogP contribution < -0.4 is 5.73 Å². The molecule has 4 heteroatoms. The first-order chi connectivity index (χ1) is 10.1. The van der Waals surface area contributed by atoms with E-state index in [1.165, 1.54) is 32.2 Å². The van der Waals surface area contributed by atoms with Crippen LogP contribution in [0.5, 0.6) is 0 Å².